The van der Waals surface area contributed by atoms with Crippen molar-refractivity contribution < 1.29 is 23.1 Å². The van der Waals surface area contributed by atoms with E-state index >= 15 is 0 Å². The van der Waals surface area contributed by atoms with Crippen LogP contribution in [0.2, 0.25) is 5.02 Å². The maximum Gasteiger partial charge on any atom is 0.255 e. The molecule has 1 amide bonds. The first-order valence-electron chi connectivity index (χ1n) is 6.80. The summed E-state index contributed by atoms with van der Waals surface area (Å²) in [5.41, 5.74) is -0.265. The third-order valence-electron chi connectivity index (χ3n) is 3.28. The highest BCUT2D eigenvalue weighted by Gasteiger charge is 2.23. The van der Waals surface area contributed by atoms with Gasteiger partial charge in [0.25, 0.3) is 5.91 Å². The molecule has 24 heavy (non-hydrogen) atoms. The quantitative estimate of drug-likeness (QED) is 0.710. The monoisotopic (exact) mass is 421 g/mol. The molecular formula is C16H12BrClF3NO2. The summed E-state index contributed by atoms with van der Waals surface area (Å²) in [6, 6.07) is 7.30. The summed E-state index contributed by atoms with van der Waals surface area (Å²) in [4.78, 5) is 12.0. The van der Waals surface area contributed by atoms with Gasteiger partial charge < -0.3 is 10.4 Å². The molecule has 0 aliphatic rings. The van der Waals surface area contributed by atoms with E-state index in [0.29, 0.717) is 0 Å². The minimum atomic E-state index is -1.87. The lowest BCUT2D eigenvalue weighted by Gasteiger charge is -2.17. The van der Waals surface area contributed by atoms with Gasteiger partial charge in [-0.2, -0.15) is 0 Å². The maximum atomic E-state index is 14.0. The van der Waals surface area contributed by atoms with Crippen molar-refractivity contribution in [3.8, 4) is 0 Å². The normalized spacial score (nSPS) is 13.4. The Bertz CT molecular complexity index is 743. The summed E-state index contributed by atoms with van der Waals surface area (Å²) in [6.07, 6.45) is -3.43. The van der Waals surface area contributed by atoms with Gasteiger partial charge in [0.2, 0.25) is 0 Å². The molecule has 8 heteroatoms. The number of aliphatic hydroxyl groups excluding tert-OH is 1. The lowest BCUT2D eigenvalue weighted by Crippen LogP contribution is -2.34. The minimum Gasteiger partial charge on any atom is -0.385 e. The zero-order valence-corrected chi connectivity index (χ0v) is 14.4. The molecule has 0 saturated heterocycles. The molecule has 0 saturated carbocycles. The molecule has 2 rings (SSSR count). The van der Waals surface area contributed by atoms with Crippen LogP contribution in [0.1, 0.15) is 22.0 Å². The second-order valence-corrected chi connectivity index (χ2v) is 6.20. The molecule has 0 spiro atoms. The molecule has 128 valence electrons. The number of carbonyl (C=O) groups is 1. The third kappa shape index (κ3) is 4.28. The molecule has 0 aliphatic heterocycles. The van der Waals surface area contributed by atoms with Crippen molar-refractivity contribution in [2.24, 2.45) is 0 Å². The molecule has 3 nitrogen and oxygen atoms in total. The number of alkyl halides is 1. The first-order valence-corrected chi connectivity index (χ1v) is 7.97. The standard InChI is InChI=1S/C16H12BrClF3NO2/c17-10-5-6-11(18)13(14(10)21)16(24)22-7-12(20)15(23)8-1-3-9(19)4-2-8/h1-6,12,15,23H,7H2,(H,22,24). The topological polar surface area (TPSA) is 49.3 Å². The Kier molecular flexibility index (Phi) is 6.26. The van der Waals surface area contributed by atoms with Crippen LogP contribution < -0.4 is 5.32 Å². The predicted octanol–water partition coefficient (Wildman–Crippen LogP) is 4.18. The van der Waals surface area contributed by atoms with Crippen LogP contribution in [0.5, 0.6) is 0 Å². The SMILES string of the molecule is O=C(NCC(F)C(O)c1ccc(F)cc1)c1c(Cl)ccc(Br)c1F. The number of aliphatic hydroxyl groups is 1. The Morgan fingerprint density at radius 2 is 1.83 bits per heavy atom. The number of rotatable bonds is 5. The van der Waals surface area contributed by atoms with Crippen LogP contribution in [0.4, 0.5) is 13.2 Å². The number of nitrogens with one attached hydrogen (secondary N) is 1. The number of benzene rings is 2. The van der Waals surface area contributed by atoms with Gasteiger partial charge in [0.1, 0.15) is 18.1 Å². The highest BCUT2D eigenvalue weighted by atomic mass is 79.9. The average molecular weight is 423 g/mol. The fourth-order valence-corrected chi connectivity index (χ4v) is 2.56. The zero-order chi connectivity index (χ0) is 17.9. The van der Waals surface area contributed by atoms with E-state index < -0.39 is 41.9 Å². The summed E-state index contributed by atoms with van der Waals surface area (Å²) in [5, 5.41) is 11.9. The number of carbonyl (C=O) groups excluding carboxylic acids is 1. The largest absolute Gasteiger partial charge is 0.385 e. The fraction of sp³-hybridized carbons (Fsp3) is 0.188. The second-order valence-electron chi connectivity index (χ2n) is 4.94. The Morgan fingerprint density at radius 1 is 1.21 bits per heavy atom. The number of halogens is 5. The van der Waals surface area contributed by atoms with E-state index in [-0.39, 0.29) is 15.1 Å². The minimum absolute atomic E-state index is 0.0418. The van der Waals surface area contributed by atoms with Crippen LogP contribution in [0, 0.1) is 11.6 Å². The van der Waals surface area contributed by atoms with Gasteiger partial charge in [-0.15, -0.1) is 0 Å². The van der Waals surface area contributed by atoms with Gasteiger partial charge in [0.05, 0.1) is 21.6 Å². The van der Waals surface area contributed by atoms with Crippen LogP contribution in [0.25, 0.3) is 0 Å². The van der Waals surface area contributed by atoms with Crippen molar-refractivity contribution in [3.05, 3.63) is 68.7 Å². The van der Waals surface area contributed by atoms with Gasteiger partial charge in [0.15, 0.2) is 5.82 Å². The van der Waals surface area contributed by atoms with Crippen LogP contribution in [-0.2, 0) is 0 Å². The van der Waals surface area contributed by atoms with Crippen molar-refractivity contribution >= 4 is 33.4 Å². The zero-order valence-electron chi connectivity index (χ0n) is 12.1. The first kappa shape index (κ1) is 18.8. The smallest absolute Gasteiger partial charge is 0.255 e. The van der Waals surface area contributed by atoms with E-state index in [2.05, 4.69) is 21.2 Å². The van der Waals surface area contributed by atoms with Gasteiger partial charge in [-0.05, 0) is 45.8 Å². The summed E-state index contributed by atoms with van der Waals surface area (Å²) in [6.45, 7) is -0.570. The molecular weight excluding hydrogens is 411 g/mol. The Labute approximate surface area is 149 Å². The number of hydrogen-bond acceptors (Lipinski definition) is 2. The molecule has 2 aromatic carbocycles. The molecule has 0 heterocycles. The first-order chi connectivity index (χ1) is 11.3. The highest BCUT2D eigenvalue weighted by Crippen LogP contribution is 2.26. The van der Waals surface area contributed by atoms with Crippen molar-refractivity contribution in [1.82, 2.24) is 5.32 Å². The lowest BCUT2D eigenvalue weighted by molar-refractivity contribution is 0.0714. The van der Waals surface area contributed by atoms with E-state index in [1.165, 1.54) is 24.3 Å². The Balaban J connectivity index is 2.03. The van der Waals surface area contributed by atoms with Gasteiger partial charge in [0, 0.05) is 0 Å². The third-order valence-corrected chi connectivity index (χ3v) is 4.21. The predicted molar refractivity (Wildman–Crippen MR) is 87.7 cm³/mol. The molecule has 0 bridgehead atoms. The van der Waals surface area contributed by atoms with Crippen LogP contribution in [-0.4, -0.2) is 23.7 Å². The Morgan fingerprint density at radius 3 is 2.46 bits per heavy atom. The van der Waals surface area contributed by atoms with Crippen LogP contribution >= 0.6 is 27.5 Å². The molecule has 0 radical (unpaired) electrons. The summed E-state index contributed by atoms with van der Waals surface area (Å²) in [5.74, 6) is -2.29. The summed E-state index contributed by atoms with van der Waals surface area (Å²) in [7, 11) is 0. The lowest BCUT2D eigenvalue weighted by atomic mass is 10.1. The van der Waals surface area contributed by atoms with Crippen molar-refractivity contribution in [2.45, 2.75) is 12.3 Å². The molecule has 0 fully saturated rings. The van der Waals surface area contributed by atoms with E-state index in [1.807, 2.05) is 0 Å². The molecule has 2 atom stereocenters. The van der Waals surface area contributed by atoms with Gasteiger partial charge in [-0.1, -0.05) is 23.7 Å². The van der Waals surface area contributed by atoms with Gasteiger partial charge >= 0.3 is 0 Å². The van der Waals surface area contributed by atoms with Crippen LogP contribution in [0.3, 0.4) is 0 Å². The number of amides is 1. The Hall–Kier alpha value is -1.57. The maximum absolute atomic E-state index is 14.0. The molecule has 2 N–H and O–H groups in total. The van der Waals surface area contributed by atoms with E-state index in [0.717, 1.165) is 12.1 Å². The average Bonchev–Trinajstić information content (AvgIpc) is 2.56. The van der Waals surface area contributed by atoms with E-state index in [4.69, 9.17) is 11.6 Å². The molecule has 0 aromatic heterocycles. The summed E-state index contributed by atoms with van der Waals surface area (Å²) < 4.78 is 40.8. The van der Waals surface area contributed by atoms with E-state index in [1.54, 1.807) is 0 Å². The van der Waals surface area contributed by atoms with Gasteiger partial charge in [-0.3, -0.25) is 4.79 Å². The van der Waals surface area contributed by atoms with Gasteiger partial charge in [-0.25, -0.2) is 13.2 Å². The molecule has 0 aliphatic carbocycles. The number of hydrogen-bond donors (Lipinski definition) is 2. The van der Waals surface area contributed by atoms with Crippen molar-refractivity contribution in [3.63, 3.8) is 0 Å². The van der Waals surface area contributed by atoms with Crippen molar-refractivity contribution in [2.75, 3.05) is 6.54 Å². The van der Waals surface area contributed by atoms with Crippen molar-refractivity contribution in [1.29, 1.82) is 0 Å². The second kappa shape index (κ2) is 8.00. The molecule has 2 aromatic rings. The summed E-state index contributed by atoms with van der Waals surface area (Å²) >= 11 is 8.71. The van der Waals surface area contributed by atoms with E-state index in [9.17, 15) is 23.1 Å². The molecule has 2 unspecified atom stereocenters. The highest BCUT2D eigenvalue weighted by molar-refractivity contribution is 9.10. The fourth-order valence-electron chi connectivity index (χ4n) is 1.99. The van der Waals surface area contributed by atoms with Crippen LogP contribution in [0.15, 0.2) is 40.9 Å².